The Labute approximate surface area is 274 Å². The van der Waals surface area contributed by atoms with Gasteiger partial charge >= 0.3 is 11.9 Å². The lowest BCUT2D eigenvalue weighted by molar-refractivity contribution is -0.299. The number of carbonyl (C=O) groups is 2. The molecule has 3 unspecified atom stereocenters. The molecule has 13 heteroatoms. The predicted molar refractivity (Wildman–Crippen MR) is 168 cm³/mol. The number of aliphatic hydroxyl groups is 5. The summed E-state index contributed by atoms with van der Waals surface area (Å²) in [5.41, 5.74) is 6.06. The van der Waals surface area contributed by atoms with E-state index in [1.165, 1.54) is 6.08 Å². The number of aliphatic hydroxyl groups excluding tert-OH is 4. The highest BCUT2D eigenvalue weighted by Crippen LogP contribution is 2.40. The van der Waals surface area contributed by atoms with Crippen molar-refractivity contribution in [1.29, 1.82) is 0 Å². The minimum atomic E-state index is -2.04. The number of hydrogen-bond donors (Lipinski definition) is 7. The zero-order chi connectivity index (χ0) is 34.3. The smallest absolute Gasteiger partial charge is 0.330 e. The largest absolute Gasteiger partial charge is 0.481 e. The van der Waals surface area contributed by atoms with Gasteiger partial charge in [0.1, 0.15) is 18.1 Å². The fourth-order valence-electron chi connectivity index (χ4n) is 6.52. The predicted octanol–water partition coefficient (Wildman–Crippen LogP) is 0.783. The first-order chi connectivity index (χ1) is 22.3. The van der Waals surface area contributed by atoms with Gasteiger partial charge in [-0.3, -0.25) is 4.79 Å². The number of fused-ring (bicyclic) bond motifs is 3. The molecule has 0 radical (unpaired) electrons. The van der Waals surface area contributed by atoms with Crippen molar-refractivity contribution in [2.45, 2.75) is 125 Å². The molecule has 0 amide bonds. The molecule has 8 N–H and O–H groups in total. The molecule has 47 heavy (non-hydrogen) atoms. The van der Waals surface area contributed by atoms with Crippen molar-refractivity contribution in [3.8, 4) is 0 Å². The quantitative estimate of drug-likeness (QED) is 0.164. The van der Waals surface area contributed by atoms with Crippen LogP contribution < -0.4 is 5.73 Å². The van der Waals surface area contributed by atoms with Crippen LogP contribution in [-0.4, -0.2) is 115 Å². The van der Waals surface area contributed by atoms with Gasteiger partial charge in [-0.05, 0) is 38.7 Å². The van der Waals surface area contributed by atoms with Crippen LogP contribution in [0.2, 0.25) is 0 Å². The molecule has 2 bridgehead atoms. The van der Waals surface area contributed by atoms with Crippen LogP contribution in [0.1, 0.15) is 52.4 Å². The van der Waals surface area contributed by atoms with Gasteiger partial charge in [0.05, 0.1) is 54.9 Å². The molecular weight excluding hydrogens is 614 g/mol. The van der Waals surface area contributed by atoms with Crippen LogP contribution in [0.4, 0.5) is 0 Å². The minimum absolute atomic E-state index is 0.0149. The highest BCUT2D eigenvalue weighted by Gasteiger charge is 2.51. The van der Waals surface area contributed by atoms with Crippen molar-refractivity contribution in [3.05, 3.63) is 60.8 Å². The SMILES string of the molecule is CC1O[C@@H](C[C@H]2C=CC=CC=CC=CC[C@@H](C)OC(=O)C=C[C@H]3OC3C[C@H](O)C[C@]3(O)C[C@H](O)[C@@H](C(=O)O)[C@H](C2)O3)C(O)[C@H](N)[C@@H]1O. The number of hydrogen-bond acceptors (Lipinski definition) is 12. The van der Waals surface area contributed by atoms with E-state index in [1.54, 1.807) is 50.3 Å². The summed E-state index contributed by atoms with van der Waals surface area (Å²) < 4.78 is 22.8. The van der Waals surface area contributed by atoms with E-state index in [-0.39, 0.29) is 31.8 Å². The lowest BCUT2D eigenvalue weighted by Crippen LogP contribution is -2.60. The molecule has 4 aliphatic rings. The number of esters is 1. The second-order valence-corrected chi connectivity index (χ2v) is 13.1. The highest BCUT2D eigenvalue weighted by molar-refractivity contribution is 5.82. The summed E-state index contributed by atoms with van der Waals surface area (Å²) in [5, 5.41) is 64.3. The first kappa shape index (κ1) is 37.1. The number of epoxide rings is 1. The molecule has 3 fully saturated rings. The Kier molecular flexibility index (Phi) is 13.1. The molecule has 262 valence electrons. The van der Waals surface area contributed by atoms with Crippen LogP contribution in [0.3, 0.4) is 0 Å². The highest BCUT2D eigenvalue weighted by atomic mass is 16.6. The van der Waals surface area contributed by atoms with Crippen LogP contribution in [0.25, 0.3) is 0 Å². The van der Waals surface area contributed by atoms with Crippen molar-refractivity contribution >= 4 is 11.9 Å². The summed E-state index contributed by atoms with van der Waals surface area (Å²) in [6.07, 6.45) is 8.57. The normalized spacial score (nSPS) is 43.8. The maximum atomic E-state index is 12.3. The third kappa shape index (κ3) is 10.6. The van der Waals surface area contributed by atoms with Crippen LogP contribution in [0.15, 0.2) is 60.8 Å². The fourth-order valence-corrected chi connectivity index (χ4v) is 6.52. The monoisotopic (exact) mass is 663 g/mol. The standard InChI is InChI=1S/C34H49NO12/c1-19-10-8-6-4-3-5-7-9-11-21(15-27-32(40)30(35)31(39)20(2)45-27)14-26-29(33(41)42)23(37)18-34(43,47-26)17-22(36)16-25-24(46-25)12-13-28(38)44-19/h3-9,11-13,19-27,29-32,36-37,39-40,43H,10,14-18,35H2,1-2H3,(H,41,42)/t19-,20?,21+,22+,23+,24-,25?,26+,27+,29-,30-,31-,32?,34-/m1/s1. The Balaban J connectivity index is 1.58. The molecule has 0 aliphatic carbocycles. The lowest BCUT2D eigenvalue weighted by atomic mass is 9.79. The molecule has 13 nitrogen and oxygen atoms in total. The fraction of sp³-hybridized carbons (Fsp3) is 0.647. The summed E-state index contributed by atoms with van der Waals surface area (Å²) in [5.74, 6) is -5.73. The first-order valence-electron chi connectivity index (χ1n) is 16.2. The summed E-state index contributed by atoms with van der Waals surface area (Å²) >= 11 is 0. The van der Waals surface area contributed by atoms with Crippen molar-refractivity contribution in [1.82, 2.24) is 0 Å². The van der Waals surface area contributed by atoms with E-state index in [4.69, 9.17) is 24.7 Å². The summed E-state index contributed by atoms with van der Waals surface area (Å²) in [4.78, 5) is 24.5. The number of nitrogens with two attached hydrogens (primary N) is 1. The van der Waals surface area contributed by atoms with E-state index in [0.717, 1.165) is 0 Å². The number of carbonyl (C=O) groups excluding carboxylic acids is 1. The van der Waals surface area contributed by atoms with Gasteiger partial charge in [-0.25, -0.2) is 4.79 Å². The number of cyclic esters (lactones) is 1. The van der Waals surface area contributed by atoms with Crippen molar-refractivity contribution < 1.29 is 59.2 Å². The average molecular weight is 664 g/mol. The van der Waals surface area contributed by atoms with Gasteiger partial charge in [0.15, 0.2) is 5.79 Å². The van der Waals surface area contributed by atoms with Crippen LogP contribution >= 0.6 is 0 Å². The van der Waals surface area contributed by atoms with Gasteiger partial charge in [0.25, 0.3) is 0 Å². The lowest BCUT2D eigenvalue weighted by Gasteiger charge is -2.45. The molecule has 0 aromatic rings. The van der Waals surface area contributed by atoms with Gasteiger partial charge in [-0.15, -0.1) is 0 Å². The zero-order valence-electron chi connectivity index (χ0n) is 26.7. The van der Waals surface area contributed by atoms with Gasteiger partial charge in [-0.1, -0.05) is 48.6 Å². The second kappa shape index (κ2) is 16.6. The number of allylic oxidation sites excluding steroid dienone is 7. The molecule has 4 rings (SSSR count). The second-order valence-electron chi connectivity index (χ2n) is 13.1. The van der Waals surface area contributed by atoms with Crippen molar-refractivity contribution in [2.24, 2.45) is 17.6 Å². The molecule has 4 aliphatic heterocycles. The first-order valence-corrected chi connectivity index (χ1v) is 16.2. The number of ether oxygens (including phenoxy) is 4. The Bertz CT molecular complexity index is 1220. The molecule has 14 atom stereocenters. The minimum Gasteiger partial charge on any atom is -0.481 e. The average Bonchev–Trinajstić information content (AvgIpc) is 3.72. The Morgan fingerprint density at radius 3 is 2.36 bits per heavy atom. The van der Waals surface area contributed by atoms with Crippen molar-refractivity contribution in [3.63, 3.8) is 0 Å². The van der Waals surface area contributed by atoms with Gasteiger partial charge in [0, 0.05) is 31.8 Å². The molecule has 0 aromatic carbocycles. The van der Waals surface area contributed by atoms with E-state index >= 15 is 0 Å². The van der Waals surface area contributed by atoms with Crippen LogP contribution in [-0.2, 0) is 28.5 Å². The number of carboxylic acids is 1. The maximum absolute atomic E-state index is 12.3. The van der Waals surface area contributed by atoms with E-state index in [1.807, 2.05) is 18.2 Å². The van der Waals surface area contributed by atoms with Crippen molar-refractivity contribution in [2.75, 3.05) is 0 Å². The Morgan fingerprint density at radius 2 is 1.64 bits per heavy atom. The van der Waals surface area contributed by atoms with Gasteiger partial charge < -0.3 is 55.3 Å². The van der Waals surface area contributed by atoms with Crippen LogP contribution in [0, 0.1) is 11.8 Å². The Morgan fingerprint density at radius 1 is 0.936 bits per heavy atom. The maximum Gasteiger partial charge on any atom is 0.330 e. The Hall–Kier alpha value is -2.72. The van der Waals surface area contributed by atoms with E-state index in [9.17, 15) is 40.2 Å². The molecule has 0 spiro atoms. The number of aliphatic carboxylic acids is 1. The van der Waals surface area contributed by atoms with E-state index in [2.05, 4.69) is 0 Å². The molecule has 4 heterocycles. The molecule has 3 saturated heterocycles. The molecular formula is C34H49NO12. The third-order valence-electron chi connectivity index (χ3n) is 9.07. The molecule has 0 aromatic heterocycles. The zero-order valence-corrected chi connectivity index (χ0v) is 26.7. The van der Waals surface area contributed by atoms with E-state index < -0.39 is 97.0 Å². The summed E-state index contributed by atoms with van der Waals surface area (Å²) in [6, 6.07) is -0.952. The van der Waals surface area contributed by atoms with E-state index in [0.29, 0.717) is 6.42 Å². The van der Waals surface area contributed by atoms with Gasteiger partial charge in [0.2, 0.25) is 0 Å². The third-order valence-corrected chi connectivity index (χ3v) is 9.07. The summed E-state index contributed by atoms with van der Waals surface area (Å²) in [6.45, 7) is 3.43. The van der Waals surface area contributed by atoms with Crippen LogP contribution in [0.5, 0.6) is 0 Å². The topological polar surface area (TPSA) is 222 Å². The summed E-state index contributed by atoms with van der Waals surface area (Å²) in [7, 11) is 0. The number of carboxylic acid groups (broad SMARTS) is 1. The molecule has 0 saturated carbocycles. The van der Waals surface area contributed by atoms with Gasteiger partial charge in [-0.2, -0.15) is 0 Å². The number of rotatable bonds is 3.